The third-order valence-corrected chi connectivity index (χ3v) is 2.19. The zero-order valence-electron chi connectivity index (χ0n) is 10.5. The molecule has 0 saturated carbocycles. The second-order valence-corrected chi connectivity index (χ2v) is 3.81. The van der Waals surface area contributed by atoms with Gasteiger partial charge in [-0.05, 0) is 18.2 Å². The number of rotatable bonds is 5. The van der Waals surface area contributed by atoms with Crippen LogP contribution in [0.1, 0.15) is 17.3 Å². The van der Waals surface area contributed by atoms with Crippen LogP contribution < -0.4 is 21.7 Å². The molecule has 0 fully saturated rings. The minimum absolute atomic E-state index is 0.156. The molecule has 0 bridgehead atoms. The van der Waals surface area contributed by atoms with E-state index in [2.05, 4.69) is 16.0 Å². The summed E-state index contributed by atoms with van der Waals surface area (Å²) in [6, 6.07) is 5.87. The zero-order chi connectivity index (χ0) is 14.3. The Labute approximate surface area is 110 Å². The summed E-state index contributed by atoms with van der Waals surface area (Å²) in [6.45, 7) is 2.06. The maximum Gasteiger partial charge on any atom is 0.319 e. The van der Waals surface area contributed by atoms with Crippen LogP contribution in [0.15, 0.2) is 24.3 Å². The summed E-state index contributed by atoms with van der Waals surface area (Å²) in [7, 11) is 0. The normalized spacial score (nSPS) is 9.53. The smallest absolute Gasteiger partial charge is 0.319 e. The van der Waals surface area contributed by atoms with Gasteiger partial charge in [0.2, 0.25) is 11.8 Å². The number of primary amides is 1. The van der Waals surface area contributed by atoms with Crippen LogP contribution in [-0.2, 0) is 4.79 Å². The predicted octanol–water partition coefficient (Wildman–Crippen LogP) is 0.0431. The molecule has 19 heavy (non-hydrogen) atoms. The molecule has 1 aromatic rings. The summed E-state index contributed by atoms with van der Waals surface area (Å²) >= 11 is 0. The molecule has 0 heterocycles. The second kappa shape index (κ2) is 7.00. The van der Waals surface area contributed by atoms with Gasteiger partial charge in [0.25, 0.3) is 0 Å². The number of hydrogen-bond donors (Lipinski definition) is 4. The molecule has 102 valence electrons. The third kappa shape index (κ3) is 5.53. The summed E-state index contributed by atoms with van der Waals surface area (Å²) in [4.78, 5) is 33.1. The van der Waals surface area contributed by atoms with Crippen molar-refractivity contribution < 1.29 is 14.4 Å². The molecule has 1 aromatic carbocycles. The molecule has 0 spiro atoms. The van der Waals surface area contributed by atoms with E-state index in [0.717, 1.165) is 0 Å². The highest BCUT2D eigenvalue weighted by atomic mass is 16.2. The van der Waals surface area contributed by atoms with Crippen LogP contribution in [0.2, 0.25) is 0 Å². The monoisotopic (exact) mass is 264 g/mol. The number of amides is 4. The van der Waals surface area contributed by atoms with E-state index in [1.54, 1.807) is 18.2 Å². The highest BCUT2D eigenvalue weighted by Gasteiger charge is 2.04. The standard InChI is InChI=1S/C12H16N4O3/c1-8(17)14-5-6-15-12(19)16-10-4-2-3-9(7-10)11(13)18/h2-4,7H,5-6H2,1H3,(H2,13,18)(H,14,17)(H2,15,16,19). The largest absolute Gasteiger partial charge is 0.366 e. The Morgan fingerprint density at radius 2 is 1.84 bits per heavy atom. The van der Waals surface area contributed by atoms with Crippen molar-refractivity contribution in [2.75, 3.05) is 18.4 Å². The van der Waals surface area contributed by atoms with Crippen LogP contribution in [0, 0.1) is 0 Å². The summed E-state index contributed by atoms with van der Waals surface area (Å²) in [5.74, 6) is -0.717. The molecule has 0 aliphatic rings. The van der Waals surface area contributed by atoms with E-state index in [1.807, 2.05) is 0 Å². The molecule has 4 amide bonds. The van der Waals surface area contributed by atoms with Gasteiger partial charge >= 0.3 is 6.03 Å². The number of nitrogens with two attached hydrogens (primary N) is 1. The minimum atomic E-state index is -0.560. The second-order valence-electron chi connectivity index (χ2n) is 3.81. The first kappa shape index (κ1) is 14.5. The van der Waals surface area contributed by atoms with Crippen LogP contribution in [0.25, 0.3) is 0 Å². The topological polar surface area (TPSA) is 113 Å². The maximum absolute atomic E-state index is 11.5. The number of benzene rings is 1. The Kier molecular flexibility index (Phi) is 5.34. The average molecular weight is 264 g/mol. The van der Waals surface area contributed by atoms with Crippen molar-refractivity contribution in [3.63, 3.8) is 0 Å². The quantitative estimate of drug-likeness (QED) is 0.563. The van der Waals surface area contributed by atoms with Crippen LogP contribution in [-0.4, -0.2) is 30.9 Å². The molecule has 0 aliphatic heterocycles. The van der Waals surface area contributed by atoms with Crippen molar-refractivity contribution in [3.8, 4) is 0 Å². The summed E-state index contributed by atoms with van der Waals surface area (Å²) < 4.78 is 0. The molecule has 7 heteroatoms. The molecule has 1 rings (SSSR count). The van der Waals surface area contributed by atoms with Crippen LogP contribution >= 0.6 is 0 Å². The lowest BCUT2D eigenvalue weighted by atomic mass is 10.2. The molecule has 7 nitrogen and oxygen atoms in total. The van der Waals surface area contributed by atoms with Gasteiger partial charge in [-0.3, -0.25) is 9.59 Å². The van der Waals surface area contributed by atoms with Gasteiger partial charge in [-0.1, -0.05) is 6.07 Å². The molecule has 0 atom stereocenters. The van der Waals surface area contributed by atoms with Crippen LogP contribution in [0.4, 0.5) is 10.5 Å². The molecule has 0 aliphatic carbocycles. The number of hydrogen-bond acceptors (Lipinski definition) is 3. The van der Waals surface area contributed by atoms with E-state index < -0.39 is 11.9 Å². The van der Waals surface area contributed by atoms with Gasteiger partial charge in [-0.25, -0.2) is 4.79 Å². The molecule has 5 N–H and O–H groups in total. The highest BCUT2D eigenvalue weighted by Crippen LogP contribution is 2.09. The zero-order valence-corrected chi connectivity index (χ0v) is 10.5. The third-order valence-electron chi connectivity index (χ3n) is 2.19. The van der Waals surface area contributed by atoms with Gasteiger partial charge in [0.1, 0.15) is 0 Å². The van der Waals surface area contributed by atoms with Gasteiger partial charge < -0.3 is 21.7 Å². The van der Waals surface area contributed by atoms with E-state index in [9.17, 15) is 14.4 Å². The van der Waals surface area contributed by atoms with E-state index in [1.165, 1.54) is 13.0 Å². The summed E-state index contributed by atoms with van der Waals surface area (Å²) in [6.07, 6.45) is 0. The van der Waals surface area contributed by atoms with Crippen molar-refractivity contribution in [3.05, 3.63) is 29.8 Å². The number of nitrogens with one attached hydrogen (secondary N) is 3. The fourth-order valence-corrected chi connectivity index (χ4v) is 1.34. The van der Waals surface area contributed by atoms with Gasteiger partial charge in [0.15, 0.2) is 0 Å². The fourth-order valence-electron chi connectivity index (χ4n) is 1.34. The first-order valence-electron chi connectivity index (χ1n) is 5.68. The van der Waals surface area contributed by atoms with Gasteiger partial charge in [0, 0.05) is 31.3 Å². The predicted molar refractivity (Wildman–Crippen MR) is 70.7 cm³/mol. The molecular weight excluding hydrogens is 248 g/mol. The van der Waals surface area contributed by atoms with E-state index in [-0.39, 0.29) is 5.91 Å². The van der Waals surface area contributed by atoms with Gasteiger partial charge in [0.05, 0.1) is 0 Å². The van der Waals surface area contributed by atoms with Crippen LogP contribution in [0.3, 0.4) is 0 Å². The van der Waals surface area contributed by atoms with E-state index >= 15 is 0 Å². The number of carbonyl (C=O) groups is 3. The molecule has 0 saturated heterocycles. The average Bonchev–Trinajstić information content (AvgIpc) is 2.34. The molecule has 0 radical (unpaired) electrons. The lowest BCUT2D eigenvalue weighted by Crippen LogP contribution is -2.36. The fraction of sp³-hybridized carbons (Fsp3) is 0.250. The molecular formula is C12H16N4O3. The van der Waals surface area contributed by atoms with Crippen molar-refractivity contribution in [2.24, 2.45) is 5.73 Å². The van der Waals surface area contributed by atoms with Gasteiger partial charge in [-0.15, -0.1) is 0 Å². The SMILES string of the molecule is CC(=O)NCCNC(=O)Nc1cccc(C(N)=O)c1. The number of carbonyl (C=O) groups excluding carboxylic acids is 3. The first-order chi connectivity index (χ1) is 8.99. The van der Waals surface area contributed by atoms with Gasteiger partial charge in [-0.2, -0.15) is 0 Å². The van der Waals surface area contributed by atoms with Crippen molar-refractivity contribution in [1.29, 1.82) is 0 Å². The maximum atomic E-state index is 11.5. The Morgan fingerprint density at radius 1 is 1.16 bits per heavy atom. The Morgan fingerprint density at radius 3 is 2.47 bits per heavy atom. The highest BCUT2D eigenvalue weighted by molar-refractivity contribution is 5.95. The lowest BCUT2D eigenvalue weighted by Gasteiger charge is -2.08. The Bertz CT molecular complexity index is 488. The molecule has 0 aromatic heterocycles. The summed E-state index contributed by atoms with van der Waals surface area (Å²) in [5.41, 5.74) is 5.91. The lowest BCUT2D eigenvalue weighted by molar-refractivity contribution is -0.118. The number of urea groups is 1. The first-order valence-corrected chi connectivity index (χ1v) is 5.68. The van der Waals surface area contributed by atoms with Crippen molar-refractivity contribution in [1.82, 2.24) is 10.6 Å². The van der Waals surface area contributed by atoms with Crippen LogP contribution in [0.5, 0.6) is 0 Å². The molecule has 0 unspecified atom stereocenters. The summed E-state index contributed by atoms with van der Waals surface area (Å²) in [5, 5.41) is 7.66. The van der Waals surface area contributed by atoms with Crippen molar-refractivity contribution >= 4 is 23.5 Å². The van der Waals surface area contributed by atoms with E-state index in [0.29, 0.717) is 24.3 Å². The number of anilines is 1. The minimum Gasteiger partial charge on any atom is -0.366 e. The Balaban J connectivity index is 2.42. The van der Waals surface area contributed by atoms with E-state index in [4.69, 9.17) is 5.73 Å². The van der Waals surface area contributed by atoms with Crippen molar-refractivity contribution in [2.45, 2.75) is 6.92 Å². The Hall–Kier alpha value is -2.57.